The molecule has 16 heavy (non-hydrogen) atoms. The first kappa shape index (κ1) is 14.9. The minimum absolute atomic E-state index is 0.0612. The molecule has 0 aliphatic carbocycles. The van der Waals surface area contributed by atoms with Gasteiger partial charge in [-0.05, 0) is 19.8 Å². The molecule has 0 aromatic heterocycles. The van der Waals surface area contributed by atoms with Crippen LogP contribution in [0.3, 0.4) is 0 Å². The van der Waals surface area contributed by atoms with E-state index in [0.29, 0.717) is 12.8 Å². The second-order valence-electron chi connectivity index (χ2n) is 4.09. The highest BCUT2D eigenvalue weighted by atomic mass is 16.4. The lowest BCUT2D eigenvalue weighted by atomic mass is 10.1. The van der Waals surface area contributed by atoms with E-state index in [4.69, 9.17) is 10.8 Å². The molecule has 0 aromatic carbocycles. The maximum atomic E-state index is 11.5. The fourth-order valence-corrected chi connectivity index (χ4v) is 1.32. The zero-order valence-electron chi connectivity index (χ0n) is 10.0. The van der Waals surface area contributed by atoms with Crippen LogP contribution in [0.1, 0.15) is 46.0 Å². The van der Waals surface area contributed by atoms with Crippen LogP contribution >= 0.6 is 0 Å². The highest BCUT2D eigenvalue weighted by Gasteiger charge is 2.15. The van der Waals surface area contributed by atoms with Gasteiger partial charge in [0.15, 0.2) is 0 Å². The van der Waals surface area contributed by atoms with E-state index in [2.05, 4.69) is 5.32 Å². The van der Waals surface area contributed by atoms with Gasteiger partial charge in [0.2, 0.25) is 5.91 Å². The molecule has 1 unspecified atom stereocenters. The van der Waals surface area contributed by atoms with E-state index in [-0.39, 0.29) is 18.4 Å². The topological polar surface area (TPSA) is 92.4 Å². The maximum Gasteiger partial charge on any atom is 0.303 e. The Hall–Kier alpha value is -1.10. The van der Waals surface area contributed by atoms with Crippen LogP contribution in [0.4, 0.5) is 0 Å². The Morgan fingerprint density at radius 1 is 1.38 bits per heavy atom. The number of carbonyl (C=O) groups is 2. The minimum atomic E-state index is -0.851. The number of carboxylic acid groups (broad SMARTS) is 1. The summed E-state index contributed by atoms with van der Waals surface area (Å²) < 4.78 is 0. The fourth-order valence-electron chi connectivity index (χ4n) is 1.32. The van der Waals surface area contributed by atoms with Gasteiger partial charge in [0.1, 0.15) is 0 Å². The maximum absolute atomic E-state index is 11.5. The standard InChI is InChI=1S/C11H22N2O3/c1-3-4-5-9(12)11(16)13-8(2)6-7-10(14)15/h8-9H,3-7,12H2,1-2H3,(H,13,16)(H,14,15)/t8?,9-/m0/s1. The molecule has 0 saturated carbocycles. The van der Waals surface area contributed by atoms with Crippen molar-refractivity contribution in [1.82, 2.24) is 5.32 Å². The third-order valence-electron chi connectivity index (χ3n) is 2.39. The number of amides is 1. The number of nitrogens with one attached hydrogen (secondary N) is 1. The monoisotopic (exact) mass is 230 g/mol. The molecule has 0 fully saturated rings. The van der Waals surface area contributed by atoms with Gasteiger partial charge in [-0.3, -0.25) is 9.59 Å². The molecule has 0 saturated heterocycles. The molecule has 0 aliphatic rings. The van der Waals surface area contributed by atoms with E-state index in [0.717, 1.165) is 12.8 Å². The minimum Gasteiger partial charge on any atom is -0.481 e. The third kappa shape index (κ3) is 7.23. The molecular weight excluding hydrogens is 208 g/mol. The molecule has 0 bridgehead atoms. The molecule has 0 aliphatic heterocycles. The van der Waals surface area contributed by atoms with Crippen LogP contribution < -0.4 is 11.1 Å². The Bertz CT molecular complexity index is 231. The Labute approximate surface area is 96.4 Å². The molecule has 1 amide bonds. The van der Waals surface area contributed by atoms with E-state index < -0.39 is 12.0 Å². The molecule has 4 N–H and O–H groups in total. The SMILES string of the molecule is CCCC[C@H](N)C(=O)NC(C)CCC(=O)O. The Morgan fingerprint density at radius 3 is 2.50 bits per heavy atom. The second kappa shape index (κ2) is 8.10. The van der Waals surface area contributed by atoms with Gasteiger partial charge < -0.3 is 16.2 Å². The molecule has 0 rings (SSSR count). The van der Waals surface area contributed by atoms with Crippen LogP contribution in [0.15, 0.2) is 0 Å². The molecule has 0 aromatic rings. The number of rotatable bonds is 8. The lowest BCUT2D eigenvalue weighted by Crippen LogP contribution is -2.44. The fraction of sp³-hybridized carbons (Fsp3) is 0.818. The second-order valence-corrected chi connectivity index (χ2v) is 4.09. The van der Waals surface area contributed by atoms with Crippen molar-refractivity contribution < 1.29 is 14.7 Å². The van der Waals surface area contributed by atoms with Crippen molar-refractivity contribution in [3.05, 3.63) is 0 Å². The quantitative estimate of drug-likeness (QED) is 0.577. The Morgan fingerprint density at radius 2 is 2.00 bits per heavy atom. The van der Waals surface area contributed by atoms with Crippen LogP contribution in [0.25, 0.3) is 0 Å². The summed E-state index contributed by atoms with van der Waals surface area (Å²) >= 11 is 0. The number of hydrogen-bond donors (Lipinski definition) is 3. The van der Waals surface area contributed by atoms with Gasteiger partial charge in [0.05, 0.1) is 6.04 Å². The lowest BCUT2D eigenvalue weighted by Gasteiger charge is -2.16. The van der Waals surface area contributed by atoms with Crippen molar-refractivity contribution >= 4 is 11.9 Å². The summed E-state index contributed by atoms with van der Waals surface area (Å²) in [5.74, 6) is -1.04. The lowest BCUT2D eigenvalue weighted by molar-refractivity contribution is -0.137. The van der Waals surface area contributed by atoms with Crippen LogP contribution in [-0.2, 0) is 9.59 Å². The van der Waals surface area contributed by atoms with Crippen LogP contribution in [-0.4, -0.2) is 29.1 Å². The first-order valence-corrected chi connectivity index (χ1v) is 5.75. The third-order valence-corrected chi connectivity index (χ3v) is 2.39. The zero-order valence-corrected chi connectivity index (χ0v) is 10.0. The zero-order chi connectivity index (χ0) is 12.6. The molecule has 0 radical (unpaired) electrons. The smallest absolute Gasteiger partial charge is 0.303 e. The van der Waals surface area contributed by atoms with Crippen molar-refractivity contribution in [3.8, 4) is 0 Å². The predicted molar refractivity (Wildman–Crippen MR) is 62.0 cm³/mol. The largest absolute Gasteiger partial charge is 0.481 e. The molecule has 2 atom stereocenters. The van der Waals surface area contributed by atoms with Gasteiger partial charge in [-0.2, -0.15) is 0 Å². The van der Waals surface area contributed by atoms with E-state index in [1.807, 2.05) is 6.92 Å². The van der Waals surface area contributed by atoms with Gasteiger partial charge in [-0.15, -0.1) is 0 Å². The molecule has 0 spiro atoms. The van der Waals surface area contributed by atoms with Crippen LogP contribution in [0.2, 0.25) is 0 Å². The number of hydrogen-bond acceptors (Lipinski definition) is 3. The highest BCUT2D eigenvalue weighted by molar-refractivity contribution is 5.81. The number of carboxylic acids is 1. The summed E-state index contributed by atoms with van der Waals surface area (Å²) in [7, 11) is 0. The molecule has 94 valence electrons. The average molecular weight is 230 g/mol. The summed E-state index contributed by atoms with van der Waals surface area (Å²) in [5.41, 5.74) is 5.68. The van der Waals surface area contributed by atoms with Crippen molar-refractivity contribution in [2.24, 2.45) is 5.73 Å². The van der Waals surface area contributed by atoms with Crippen LogP contribution in [0.5, 0.6) is 0 Å². The average Bonchev–Trinajstić information content (AvgIpc) is 2.22. The van der Waals surface area contributed by atoms with Gasteiger partial charge in [0, 0.05) is 12.5 Å². The van der Waals surface area contributed by atoms with Crippen molar-refractivity contribution in [3.63, 3.8) is 0 Å². The van der Waals surface area contributed by atoms with Gasteiger partial charge >= 0.3 is 5.97 Å². The van der Waals surface area contributed by atoms with Crippen molar-refractivity contribution in [2.45, 2.75) is 58.0 Å². The summed E-state index contributed by atoms with van der Waals surface area (Å²) in [6, 6.07) is -0.622. The van der Waals surface area contributed by atoms with E-state index in [1.165, 1.54) is 0 Å². The Kier molecular flexibility index (Phi) is 7.54. The molecular formula is C11H22N2O3. The van der Waals surface area contributed by atoms with E-state index >= 15 is 0 Å². The van der Waals surface area contributed by atoms with Gasteiger partial charge in [0.25, 0.3) is 0 Å². The van der Waals surface area contributed by atoms with Crippen LogP contribution in [0, 0.1) is 0 Å². The highest BCUT2D eigenvalue weighted by Crippen LogP contribution is 2.01. The van der Waals surface area contributed by atoms with Gasteiger partial charge in [-0.25, -0.2) is 0 Å². The number of unbranched alkanes of at least 4 members (excludes halogenated alkanes) is 1. The number of nitrogens with two attached hydrogens (primary N) is 1. The number of carbonyl (C=O) groups excluding carboxylic acids is 1. The summed E-state index contributed by atoms with van der Waals surface area (Å²) in [6.07, 6.45) is 3.11. The normalized spacial score (nSPS) is 14.2. The number of aliphatic carboxylic acids is 1. The van der Waals surface area contributed by atoms with Gasteiger partial charge in [-0.1, -0.05) is 19.8 Å². The van der Waals surface area contributed by atoms with Crippen molar-refractivity contribution in [2.75, 3.05) is 0 Å². The Balaban J connectivity index is 3.80. The predicted octanol–water partition coefficient (Wildman–Crippen LogP) is 0.873. The van der Waals surface area contributed by atoms with E-state index in [1.54, 1.807) is 6.92 Å². The molecule has 0 heterocycles. The summed E-state index contributed by atoms with van der Waals surface area (Å²) in [5, 5.41) is 11.2. The first-order valence-electron chi connectivity index (χ1n) is 5.75. The van der Waals surface area contributed by atoms with Crippen molar-refractivity contribution in [1.29, 1.82) is 0 Å². The van der Waals surface area contributed by atoms with E-state index in [9.17, 15) is 9.59 Å². The molecule has 5 heteroatoms. The molecule has 5 nitrogen and oxygen atoms in total. The summed E-state index contributed by atoms with van der Waals surface area (Å²) in [6.45, 7) is 3.83. The first-order chi connectivity index (χ1) is 7.47. The summed E-state index contributed by atoms with van der Waals surface area (Å²) in [4.78, 5) is 21.8.